The zero-order chi connectivity index (χ0) is 14.2. The number of ether oxygens (including phenoxy) is 1. The van der Waals surface area contributed by atoms with Gasteiger partial charge in [-0.2, -0.15) is 0 Å². The lowest BCUT2D eigenvalue weighted by Crippen LogP contribution is -2.35. The average Bonchev–Trinajstić information content (AvgIpc) is 2.52. The summed E-state index contributed by atoms with van der Waals surface area (Å²) >= 11 is 0. The summed E-state index contributed by atoms with van der Waals surface area (Å²) in [5.41, 5.74) is 1.21. The van der Waals surface area contributed by atoms with Gasteiger partial charge in [0.1, 0.15) is 0 Å². The van der Waals surface area contributed by atoms with Gasteiger partial charge in [-0.15, -0.1) is 12.4 Å². The second-order valence-corrected chi connectivity index (χ2v) is 5.26. The van der Waals surface area contributed by atoms with Crippen molar-refractivity contribution in [3.05, 3.63) is 35.9 Å². The highest BCUT2D eigenvalue weighted by molar-refractivity contribution is 5.85. The van der Waals surface area contributed by atoms with Gasteiger partial charge in [-0.1, -0.05) is 30.3 Å². The Hall–Kier alpha value is -1.10. The second-order valence-electron chi connectivity index (χ2n) is 5.26. The molecular weight excluding hydrogens is 288 g/mol. The van der Waals surface area contributed by atoms with Crippen LogP contribution in [0, 0.1) is 5.92 Å². The van der Waals surface area contributed by atoms with E-state index in [0.717, 1.165) is 26.0 Å². The monoisotopic (exact) mass is 312 g/mol. The number of benzene rings is 1. The van der Waals surface area contributed by atoms with Gasteiger partial charge in [0, 0.05) is 32.0 Å². The van der Waals surface area contributed by atoms with Crippen LogP contribution in [0.3, 0.4) is 0 Å². The van der Waals surface area contributed by atoms with E-state index in [-0.39, 0.29) is 24.4 Å². The molecule has 1 aromatic carbocycles. The summed E-state index contributed by atoms with van der Waals surface area (Å²) in [5, 5.41) is 6.01. The maximum atomic E-state index is 11.7. The number of carbonyl (C=O) groups is 1. The number of hydrogen-bond acceptors (Lipinski definition) is 3. The molecule has 2 N–H and O–H groups in total. The van der Waals surface area contributed by atoms with E-state index >= 15 is 0 Å². The van der Waals surface area contributed by atoms with Crippen molar-refractivity contribution >= 4 is 18.3 Å². The van der Waals surface area contributed by atoms with E-state index in [1.165, 1.54) is 5.56 Å². The topological polar surface area (TPSA) is 50.4 Å². The summed E-state index contributed by atoms with van der Waals surface area (Å²) < 4.78 is 5.93. The van der Waals surface area contributed by atoms with Crippen LogP contribution in [0.2, 0.25) is 0 Å². The third-order valence-corrected chi connectivity index (χ3v) is 3.74. The van der Waals surface area contributed by atoms with E-state index in [1.54, 1.807) is 0 Å². The summed E-state index contributed by atoms with van der Waals surface area (Å²) in [7, 11) is 1.85. The van der Waals surface area contributed by atoms with Crippen molar-refractivity contribution in [3.8, 4) is 0 Å². The molecule has 1 heterocycles. The molecule has 0 bridgehead atoms. The predicted molar refractivity (Wildman–Crippen MR) is 86.7 cm³/mol. The Kier molecular flexibility index (Phi) is 8.35. The number of halogens is 1. The van der Waals surface area contributed by atoms with Gasteiger partial charge in [0.15, 0.2) is 0 Å². The van der Waals surface area contributed by atoms with Gasteiger partial charge < -0.3 is 15.4 Å². The third kappa shape index (κ3) is 5.65. The SMILES string of the molecule is CNCCC(=O)NCC1CCCOC1c1ccccc1.Cl. The number of nitrogens with one attached hydrogen (secondary N) is 2. The summed E-state index contributed by atoms with van der Waals surface area (Å²) in [6, 6.07) is 10.3. The van der Waals surface area contributed by atoms with Crippen molar-refractivity contribution in [2.45, 2.75) is 25.4 Å². The number of carbonyl (C=O) groups excluding carboxylic acids is 1. The zero-order valence-corrected chi connectivity index (χ0v) is 13.3. The van der Waals surface area contributed by atoms with Crippen molar-refractivity contribution in [1.82, 2.24) is 10.6 Å². The first-order valence-corrected chi connectivity index (χ1v) is 7.39. The molecule has 0 saturated carbocycles. The molecule has 0 aromatic heterocycles. The Morgan fingerprint density at radius 1 is 1.33 bits per heavy atom. The van der Waals surface area contributed by atoms with Gasteiger partial charge in [-0.05, 0) is 25.5 Å². The van der Waals surface area contributed by atoms with E-state index in [1.807, 2.05) is 25.2 Å². The van der Waals surface area contributed by atoms with Crippen LogP contribution in [-0.4, -0.2) is 32.7 Å². The molecule has 1 saturated heterocycles. The van der Waals surface area contributed by atoms with E-state index in [9.17, 15) is 4.79 Å². The average molecular weight is 313 g/mol. The zero-order valence-electron chi connectivity index (χ0n) is 12.5. The smallest absolute Gasteiger partial charge is 0.221 e. The van der Waals surface area contributed by atoms with E-state index in [4.69, 9.17) is 4.74 Å². The highest BCUT2D eigenvalue weighted by Crippen LogP contribution is 2.32. The predicted octanol–water partition coefficient (Wildman–Crippen LogP) is 2.30. The van der Waals surface area contributed by atoms with E-state index in [0.29, 0.717) is 18.9 Å². The Morgan fingerprint density at radius 2 is 2.10 bits per heavy atom. The van der Waals surface area contributed by atoms with E-state index in [2.05, 4.69) is 22.8 Å². The first kappa shape index (κ1) is 18.0. The third-order valence-electron chi connectivity index (χ3n) is 3.74. The summed E-state index contributed by atoms with van der Waals surface area (Å²) in [6.07, 6.45) is 2.81. The van der Waals surface area contributed by atoms with Crippen LogP contribution in [0.15, 0.2) is 30.3 Å². The van der Waals surface area contributed by atoms with Crippen LogP contribution in [-0.2, 0) is 9.53 Å². The standard InChI is InChI=1S/C16H24N2O2.ClH/c1-17-10-9-15(19)18-12-14-8-5-11-20-16(14)13-6-3-2-4-7-13;/h2-4,6-7,14,16-17H,5,8-12H2,1H3,(H,18,19);1H. The molecule has 1 fully saturated rings. The molecule has 21 heavy (non-hydrogen) atoms. The van der Waals surface area contributed by atoms with Crippen LogP contribution in [0.5, 0.6) is 0 Å². The molecule has 1 aromatic rings. The van der Waals surface area contributed by atoms with Gasteiger partial charge in [0.05, 0.1) is 6.10 Å². The lowest BCUT2D eigenvalue weighted by Gasteiger charge is -2.32. The minimum absolute atomic E-state index is 0. The first-order valence-electron chi connectivity index (χ1n) is 7.39. The molecule has 2 atom stereocenters. The summed E-state index contributed by atoms with van der Waals surface area (Å²) in [4.78, 5) is 11.7. The molecule has 1 amide bonds. The number of amides is 1. The normalized spacial score (nSPS) is 21.4. The molecule has 2 rings (SSSR count). The van der Waals surface area contributed by atoms with Crippen LogP contribution in [0.25, 0.3) is 0 Å². The van der Waals surface area contributed by atoms with Gasteiger partial charge in [-0.25, -0.2) is 0 Å². The van der Waals surface area contributed by atoms with Crippen LogP contribution in [0.4, 0.5) is 0 Å². The molecule has 2 unspecified atom stereocenters. The first-order chi connectivity index (χ1) is 9.81. The molecule has 118 valence electrons. The molecule has 4 nitrogen and oxygen atoms in total. The fraction of sp³-hybridized carbons (Fsp3) is 0.562. The van der Waals surface area contributed by atoms with Gasteiger partial charge >= 0.3 is 0 Å². The summed E-state index contributed by atoms with van der Waals surface area (Å²) in [5.74, 6) is 0.474. The minimum atomic E-state index is 0. The van der Waals surface area contributed by atoms with Crippen molar-refractivity contribution in [3.63, 3.8) is 0 Å². The maximum absolute atomic E-state index is 11.7. The second kappa shape index (κ2) is 9.77. The fourth-order valence-electron chi connectivity index (χ4n) is 2.64. The van der Waals surface area contributed by atoms with Gasteiger partial charge in [0.25, 0.3) is 0 Å². The largest absolute Gasteiger partial charge is 0.373 e. The fourth-order valence-corrected chi connectivity index (χ4v) is 2.64. The summed E-state index contributed by atoms with van der Waals surface area (Å²) in [6.45, 7) is 2.22. The Bertz CT molecular complexity index is 414. The lowest BCUT2D eigenvalue weighted by atomic mass is 9.89. The molecule has 1 aliphatic heterocycles. The Balaban J connectivity index is 0.00000220. The Labute approximate surface area is 133 Å². The molecular formula is C16H25ClN2O2. The highest BCUT2D eigenvalue weighted by Gasteiger charge is 2.27. The molecule has 5 heteroatoms. The Morgan fingerprint density at radius 3 is 2.81 bits per heavy atom. The van der Waals surface area contributed by atoms with Crippen molar-refractivity contribution in [2.24, 2.45) is 5.92 Å². The van der Waals surface area contributed by atoms with E-state index < -0.39 is 0 Å². The van der Waals surface area contributed by atoms with Crippen LogP contribution >= 0.6 is 12.4 Å². The lowest BCUT2D eigenvalue weighted by molar-refractivity contribution is -0.121. The van der Waals surface area contributed by atoms with Crippen molar-refractivity contribution in [2.75, 3.05) is 26.7 Å². The molecule has 0 aliphatic carbocycles. The quantitative estimate of drug-likeness (QED) is 0.847. The van der Waals surface area contributed by atoms with Crippen molar-refractivity contribution in [1.29, 1.82) is 0 Å². The highest BCUT2D eigenvalue weighted by atomic mass is 35.5. The number of rotatable bonds is 6. The van der Waals surface area contributed by atoms with Gasteiger partial charge in [0.2, 0.25) is 5.91 Å². The minimum Gasteiger partial charge on any atom is -0.373 e. The van der Waals surface area contributed by atoms with Crippen molar-refractivity contribution < 1.29 is 9.53 Å². The van der Waals surface area contributed by atoms with Gasteiger partial charge in [-0.3, -0.25) is 4.79 Å². The number of hydrogen-bond donors (Lipinski definition) is 2. The maximum Gasteiger partial charge on any atom is 0.221 e. The molecule has 1 aliphatic rings. The van der Waals surface area contributed by atoms with Crippen LogP contribution < -0.4 is 10.6 Å². The molecule has 0 spiro atoms. The van der Waals surface area contributed by atoms with Crippen LogP contribution in [0.1, 0.15) is 30.9 Å². The molecule has 0 radical (unpaired) electrons.